The molecule has 1 heterocycles. The third-order valence-corrected chi connectivity index (χ3v) is 3.72. The molecular weight excluding hydrogens is 331 g/mol. The summed E-state index contributed by atoms with van der Waals surface area (Å²) in [6.45, 7) is 3.57. The van der Waals surface area contributed by atoms with Crippen molar-refractivity contribution in [3.05, 3.63) is 65.1 Å². The molecule has 0 saturated carbocycles. The van der Waals surface area contributed by atoms with Crippen molar-refractivity contribution in [1.29, 1.82) is 0 Å². The van der Waals surface area contributed by atoms with Gasteiger partial charge in [0, 0.05) is 23.2 Å². The van der Waals surface area contributed by atoms with E-state index in [4.69, 9.17) is 4.74 Å². The number of hydrogen-bond donors (Lipinski definition) is 0. The van der Waals surface area contributed by atoms with E-state index >= 15 is 0 Å². The number of aromatic nitrogens is 1. The molecule has 1 aromatic heterocycles. The molecule has 0 aliphatic rings. The number of aryl methyl sites for hydroxylation is 1. The van der Waals surface area contributed by atoms with E-state index in [1.54, 1.807) is 19.9 Å². The number of carbonyl (C=O) groups is 1. The molecule has 0 spiro atoms. The van der Waals surface area contributed by atoms with Crippen LogP contribution in [0.2, 0.25) is 0 Å². The number of rotatable bonds is 3. The lowest BCUT2D eigenvalue weighted by Crippen LogP contribution is -2.05. The summed E-state index contributed by atoms with van der Waals surface area (Å²) in [6.07, 6.45) is 0. The molecule has 0 bridgehead atoms. The van der Waals surface area contributed by atoms with Gasteiger partial charge in [-0.15, -0.1) is 0 Å². The summed E-state index contributed by atoms with van der Waals surface area (Å²) >= 11 is 0. The van der Waals surface area contributed by atoms with Gasteiger partial charge in [-0.25, -0.2) is 18.0 Å². The van der Waals surface area contributed by atoms with Crippen LogP contribution in [-0.4, -0.2) is 17.6 Å². The topological polar surface area (TPSA) is 39.2 Å². The Balaban J connectivity index is 2.30. The number of halogens is 3. The average Bonchev–Trinajstić information content (AvgIpc) is 2.53. The highest BCUT2D eigenvalue weighted by Crippen LogP contribution is 2.33. The summed E-state index contributed by atoms with van der Waals surface area (Å²) in [5, 5.41) is 0.376. The highest BCUT2D eigenvalue weighted by molar-refractivity contribution is 6.00. The monoisotopic (exact) mass is 345 g/mol. The molecule has 2 aromatic carbocycles. The average molecular weight is 345 g/mol. The second-order valence-corrected chi connectivity index (χ2v) is 5.51. The largest absolute Gasteiger partial charge is 0.462 e. The summed E-state index contributed by atoms with van der Waals surface area (Å²) in [7, 11) is 0. The zero-order valence-corrected chi connectivity index (χ0v) is 13.6. The van der Waals surface area contributed by atoms with Crippen LogP contribution < -0.4 is 0 Å². The fourth-order valence-electron chi connectivity index (χ4n) is 2.71. The van der Waals surface area contributed by atoms with Gasteiger partial charge >= 0.3 is 5.97 Å². The summed E-state index contributed by atoms with van der Waals surface area (Å²) in [5.74, 6) is -3.59. The Labute approximate surface area is 142 Å². The molecule has 3 nitrogen and oxygen atoms in total. The number of esters is 1. The van der Waals surface area contributed by atoms with Crippen LogP contribution in [0, 0.1) is 24.4 Å². The predicted molar refractivity (Wildman–Crippen MR) is 87.7 cm³/mol. The Morgan fingerprint density at radius 2 is 1.76 bits per heavy atom. The normalized spacial score (nSPS) is 10.9. The van der Waals surface area contributed by atoms with Crippen molar-refractivity contribution in [1.82, 2.24) is 4.98 Å². The Morgan fingerprint density at radius 1 is 1.08 bits per heavy atom. The van der Waals surface area contributed by atoms with Crippen LogP contribution in [0.5, 0.6) is 0 Å². The first-order chi connectivity index (χ1) is 11.9. The Bertz CT molecular complexity index is 963. The molecular formula is C19H14F3NO2. The number of pyridine rings is 1. The molecule has 128 valence electrons. The highest BCUT2D eigenvalue weighted by atomic mass is 19.1. The number of carbonyl (C=O) groups excluding carboxylic acids is 1. The fourth-order valence-corrected chi connectivity index (χ4v) is 2.71. The molecule has 3 aromatic rings. The molecule has 0 saturated heterocycles. The minimum Gasteiger partial charge on any atom is -0.462 e. The maximum absolute atomic E-state index is 14.2. The van der Waals surface area contributed by atoms with Gasteiger partial charge in [0.15, 0.2) is 0 Å². The van der Waals surface area contributed by atoms with Crippen LogP contribution in [0.1, 0.15) is 23.0 Å². The predicted octanol–water partition coefficient (Wildman–Crippen LogP) is 4.80. The Morgan fingerprint density at radius 3 is 2.40 bits per heavy atom. The summed E-state index contributed by atoms with van der Waals surface area (Å²) in [4.78, 5) is 16.3. The SMILES string of the molecule is CCOC(=O)c1ccc2nc(C)cc(-c3c(F)cc(F)cc3F)c2c1. The van der Waals surface area contributed by atoms with Crippen LogP contribution in [-0.2, 0) is 4.74 Å². The van der Waals surface area contributed by atoms with Crippen LogP contribution >= 0.6 is 0 Å². The quantitative estimate of drug-likeness (QED) is 0.640. The Kier molecular flexibility index (Phi) is 4.44. The number of fused-ring (bicyclic) bond motifs is 1. The van der Waals surface area contributed by atoms with Crippen molar-refractivity contribution in [3.8, 4) is 11.1 Å². The zero-order valence-electron chi connectivity index (χ0n) is 13.6. The van der Waals surface area contributed by atoms with Gasteiger partial charge in [0.1, 0.15) is 17.5 Å². The van der Waals surface area contributed by atoms with Gasteiger partial charge in [0.25, 0.3) is 0 Å². The Hall–Kier alpha value is -2.89. The molecule has 6 heteroatoms. The van der Waals surface area contributed by atoms with Crippen LogP contribution in [0.3, 0.4) is 0 Å². The van der Waals surface area contributed by atoms with Crippen molar-refractivity contribution in [2.24, 2.45) is 0 Å². The summed E-state index contributed by atoms with van der Waals surface area (Å²) in [5.41, 5.74) is 1.08. The second kappa shape index (κ2) is 6.55. The molecule has 0 fully saturated rings. The summed E-state index contributed by atoms with van der Waals surface area (Å²) < 4.78 is 46.7. The van der Waals surface area contributed by atoms with E-state index in [-0.39, 0.29) is 23.3 Å². The van der Waals surface area contributed by atoms with E-state index in [2.05, 4.69) is 4.98 Å². The number of ether oxygens (including phenoxy) is 1. The van der Waals surface area contributed by atoms with Crippen LogP contribution in [0.4, 0.5) is 13.2 Å². The standard InChI is InChI=1S/C19H14F3NO2/c1-3-25-19(24)11-4-5-17-13(7-11)14(6-10(2)23-17)18-15(21)8-12(20)9-16(18)22/h4-9H,3H2,1-2H3. The zero-order chi connectivity index (χ0) is 18.1. The first kappa shape index (κ1) is 17.0. The smallest absolute Gasteiger partial charge is 0.338 e. The summed E-state index contributed by atoms with van der Waals surface area (Å²) in [6, 6.07) is 7.32. The molecule has 0 amide bonds. The number of nitrogens with zero attached hydrogens (tertiary/aromatic N) is 1. The molecule has 0 N–H and O–H groups in total. The molecule has 0 radical (unpaired) electrons. The maximum atomic E-state index is 14.2. The van der Waals surface area contributed by atoms with Gasteiger partial charge in [0.2, 0.25) is 0 Å². The first-order valence-corrected chi connectivity index (χ1v) is 7.64. The van der Waals surface area contributed by atoms with Crippen LogP contribution in [0.15, 0.2) is 36.4 Å². The minimum absolute atomic E-state index is 0.198. The second-order valence-electron chi connectivity index (χ2n) is 5.51. The van der Waals surface area contributed by atoms with Crippen molar-refractivity contribution in [3.63, 3.8) is 0 Å². The van der Waals surface area contributed by atoms with E-state index in [1.165, 1.54) is 18.2 Å². The van der Waals surface area contributed by atoms with E-state index in [1.807, 2.05) is 0 Å². The lowest BCUT2D eigenvalue weighted by Gasteiger charge is -2.11. The van der Waals surface area contributed by atoms with Crippen molar-refractivity contribution in [2.75, 3.05) is 6.61 Å². The third-order valence-electron chi connectivity index (χ3n) is 3.72. The fraction of sp³-hybridized carbons (Fsp3) is 0.158. The molecule has 3 rings (SSSR count). The van der Waals surface area contributed by atoms with Gasteiger partial charge in [-0.1, -0.05) is 0 Å². The van der Waals surface area contributed by atoms with Crippen molar-refractivity contribution in [2.45, 2.75) is 13.8 Å². The van der Waals surface area contributed by atoms with E-state index < -0.39 is 23.4 Å². The van der Waals surface area contributed by atoms with E-state index in [0.717, 1.165) is 0 Å². The molecule has 0 aliphatic heterocycles. The molecule has 25 heavy (non-hydrogen) atoms. The third kappa shape index (κ3) is 3.20. The lowest BCUT2D eigenvalue weighted by atomic mass is 9.97. The first-order valence-electron chi connectivity index (χ1n) is 7.64. The minimum atomic E-state index is -1.02. The molecule has 0 unspecified atom stereocenters. The molecule has 0 aliphatic carbocycles. The van der Waals surface area contributed by atoms with Crippen LogP contribution in [0.25, 0.3) is 22.0 Å². The van der Waals surface area contributed by atoms with Gasteiger partial charge in [-0.05, 0) is 43.7 Å². The van der Waals surface area contributed by atoms with E-state index in [0.29, 0.717) is 28.7 Å². The van der Waals surface area contributed by atoms with Gasteiger partial charge < -0.3 is 4.74 Å². The maximum Gasteiger partial charge on any atom is 0.338 e. The van der Waals surface area contributed by atoms with Crippen molar-refractivity contribution >= 4 is 16.9 Å². The van der Waals surface area contributed by atoms with Gasteiger partial charge in [-0.3, -0.25) is 4.98 Å². The van der Waals surface area contributed by atoms with Gasteiger partial charge in [0.05, 0.1) is 23.3 Å². The van der Waals surface area contributed by atoms with Gasteiger partial charge in [-0.2, -0.15) is 0 Å². The van der Waals surface area contributed by atoms with E-state index in [9.17, 15) is 18.0 Å². The number of hydrogen-bond acceptors (Lipinski definition) is 3. The van der Waals surface area contributed by atoms with Crippen molar-refractivity contribution < 1.29 is 22.7 Å². The molecule has 0 atom stereocenters. The lowest BCUT2D eigenvalue weighted by molar-refractivity contribution is 0.0526. The highest BCUT2D eigenvalue weighted by Gasteiger charge is 2.18. The number of benzene rings is 2.